The number of nitrogens with zero attached hydrogens (tertiary/aromatic N) is 5. The van der Waals surface area contributed by atoms with Crippen LogP contribution in [0.4, 0.5) is 17.3 Å². The highest BCUT2D eigenvalue weighted by Gasteiger charge is 2.18. The van der Waals surface area contributed by atoms with E-state index in [9.17, 15) is 4.79 Å². The predicted octanol–water partition coefficient (Wildman–Crippen LogP) is 3.54. The van der Waals surface area contributed by atoms with Gasteiger partial charge in [-0.05, 0) is 24.6 Å². The largest absolute Gasteiger partial charge is 0.383 e. The Labute approximate surface area is 221 Å². The smallest absolute Gasteiger partial charge is 0.216 e. The highest BCUT2D eigenvalue weighted by atomic mass is 16.5. The average molecular weight is 513 g/mol. The number of rotatable bonds is 9. The maximum absolute atomic E-state index is 11.0. The fourth-order valence-corrected chi connectivity index (χ4v) is 4.30. The number of morpholine rings is 1. The van der Waals surface area contributed by atoms with Gasteiger partial charge in [-0.25, -0.2) is 4.98 Å². The molecule has 2 aromatic carbocycles. The number of nitrogens with one attached hydrogen (secondary N) is 3. The maximum atomic E-state index is 11.0. The van der Waals surface area contributed by atoms with Crippen LogP contribution in [0.5, 0.6) is 0 Å². The lowest BCUT2D eigenvalue weighted by Gasteiger charge is -2.29. The van der Waals surface area contributed by atoms with Gasteiger partial charge >= 0.3 is 0 Å². The second kappa shape index (κ2) is 11.7. The molecule has 3 N–H and O–H groups in total. The Morgan fingerprint density at radius 3 is 2.66 bits per heavy atom. The highest BCUT2D eigenvalue weighted by molar-refractivity contribution is 5.80. The molecule has 10 nitrogen and oxygen atoms in total. The van der Waals surface area contributed by atoms with Crippen molar-refractivity contribution < 1.29 is 9.53 Å². The summed E-state index contributed by atoms with van der Waals surface area (Å²) in [5, 5.41) is 15.4. The molecule has 1 fully saturated rings. The number of aromatic nitrogens is 3. The molecular weight excluding hydrogens is 480 g/mol. The van der Waals surface area contributed by atoms with E-state index in [0.29, 0.717) is 32.1 Å². The summed E-state index contributed by atoms with van der Waals surface area (Å²) >= 11 is 0. The van der Waals surface area contributed by atoms with Gasteiger partial charge in [0.15, 0.2) is 11.5 Å². The van der Waals surface area contributed by atoms with Crippen molar-refractivity contribution in [2.45, 2.75) is 13.8 Å². The van der Waals surface area contributed by atoms with Crippen LogP contribution in [0.15, 0.2) is 65.8 Å². The topological polar surface area (TPSA) is 108 Å². The fourth-order valence-electron chi connectivity index (χ4n) is 4.30. The molecule has 0 bridgehead atoms. The summed E-state index contributed by atoms with van der Waals surface area (Å²) in [5.41, 5.74) is 8.83. The third-order valence-corrected chi connectivity index (χ3v) is 6.19. The number of benzene rings is 2. The molecule has 0 atom stereocenters. The van der Waals surface area contributed by atoms with E-state index in [1.54, 1.807) is 6.21 Å². The van der Waals surface area contributed by atoms with E-state index in [-0.39, 0.29) is 5.91 Å². The normalized spacial score (nSPS) is 13.7. The van der Waals surface area contributed by atoms with E-state index in [4.69, 9.17) is 14.8 Å². The van der Waals surface area contributed by atoms with Gasteiger partial charge in [0.25, 0.3) is 0 Å². The van der Waals surface area contributed by atoms with Crippen LogP contribution in [0.3, 0.4) is 0 Å². The van der Waals surface area contributed by atoms with Crippen LogP contribution in [0.2, 0.25) is 0 Å². The molecule has 1 aliphatic rings. The van der Waals surface area contributed by atoms with Crippen molar-refractivity contribution in [3.05, 3.63) is 71.8 Å². The first-order valence-corrected chi connectivity index (χ1v) is 12.7. The molecule has 4 aromatic rings. The monoisotopic (exact) mass is 512 g/mol. The second-order valence-electron chi connectivity index (χ2n) is 9.17. The number of hydrazone groups is 1. The first-order valence-electron chi connectivity index (χ1n) is 12.7. The molecule has 38 heavy (non-hydrogen) atoms. The van der Waals surface area contributed by atoms with E-state index < -0.39 is 0 Å². The van der Waals surface area contributed by atoms with Crippen LogP contribution in [0, 0.1) is 6.92 Å². The Hall–Kier alpha value is -4.44. The van der Waals surface area contributed by atoms with Crippen molar-refractivity contribution in [1.82, 2.24) is 19.9 Å². The quantitative estimate of drug-likeness (QED) is 0.179. The van der Waals surface area contributed by atoms with Gasteiger partial charge in [-0.3, -0.25) is 10.2 Å². The first kappa shape index (κ1) is 25.2. The summed E-state index contributed by atoms with van der Waals surface area (Å²) in [6.07, 6.45) is 1.79. The summed E-state index contributed by atoms with van der Waals surface area (Å²) in [6, 6.07) is 20.2. The molecule has 2 aromatic heterocycles. The van der Waals surface area contributed by atoms with Crippen molar-refractivity contribution in [3.63, 3.8) is 0 Å². The second-order valence-corrected chi connectivity index (χ2v) is 9.17. The summed E-state index contributed by atoms with van der Waals surface area (Å²) in [4.78, 5) is 18.1. The van der Waals surface area contributed by atoms with Crippen LogP contribution < -0.4 is 21.0 Å². The van der Waals surface area contributed by atoms with E-state index >= 15 is 0 Å². The molecule has 1 aliphatic heterocycles. The number of anilines is 3. The first-order chi connectivity index (χ1) is 18.5. The van der Waals surface area contributed by atoms with Gasteiger partial charge in [0.2, 0.25) is 5.91 Å². The van der Waals surface area contributed by atoms with Crippen molar-refractivity contribution in [1.29, 1.82) is 0 Å². The molecule has 1 amide bonds. The number of fused-ring (bicyclic) bond motifs is 1. The number of hydrogen-bond acceptors (Lipinski definition) is 8. The van der Waals surface area contributed by atoms with Gasteiger partial charge in [0.1, 0.15) is 5.82 Å². The highest BCUT2D eigenvalue weighted by Crippen LogP contribution is 2.26. The molecule has 0 spiro atoms. The maximum Gasteiger partial charge on any atom is 0.216 e. The minimum absolute atomic E-state index is 0.0320. The number of aryl methyl sites for hydroxylation is 1. The average Bonchev–Trinajstić information content (AvgIpc) is 3.36. The fraction of sp³-hybridized carbons (Fsp3) is 0.286. The molecule has 0 aliphatic carbocycles. The standard InChI is InChI=1S/C28H32N8O2/c1-20-4-3-5-22(16-20)19-31-33-26-18-28(35-12-14-38-15-13-35)36-27(32-26)17-25(34-36)23-6-8-24(9-7-23)30-11-10-29-21(2)37/h3-9,16-19,30H,10-15H2,1-2H3,(H,29,37)(H,32,33)/b31-19+. The van der Waals surface area contributed by atoms with Gasteiger partial charge in [0, 0.05) is 56.5 Å². The number of hydrogen-bond donors (Lipinski definition) is 3. The predicted molar refractivity (Wildman–Crippen MR) is 151 cm³/mol. The van der Waals surface area contributed by atoms with Gasteiger partial charge in [-0.15, -0.1) is 0 Å². The van der Waals surface area contributed by atoms with Crippen molar-refractivity contribution in [2.24, 2.45) is 5.10 Å². The van der Waals surface area contributed by atoms with Crippen molar-refractivity contribution >= 4 is 35.1 Å². The van der Waals surface area contributed by atoms with Crippen LogP contribution >= 0.6 is 0 Å². The number of carbonyl (C=O) groups is 1. The summed E-state index contributed by atoms with van der Waals surface area (Å²) < 4.78 is 7.45. The minimum Gasteiger partial charge on any atom is -0.383 e. The van der Waals surface area contributed by atoms with Crippen molar-refractivity contribution in [2.75, 3.05) is 55.0 Å². The van der Waals surface area contributed by atoms with Crippen LogP contribution in [-0.2, 0) is 9.53 Å². The molecule has 0 radical (unpaired) electrons. The van der Waals surface area contributed by atoms with Crippen LogP contribution in [0.25, 0.3) is 16.9 Å². The molecular formula is C28H32N8O2. The zero-order valence-electron chi connectivity index (χ0n) is 21.6. The van der Waals surface area contributed by atoms with E-state index in [0.717, 1.165) is 47.1 Å². The Morgan fingerprint density at radius 2 is 1.89 bits per heavy atom. The molecule has 0 saturated carbocycles. The van der Waals surface area contributed by atoms with Gasteiger partial charge in [-0.1, -0.05) is 42.0 Å². The SMILES string of the molecule is CC(=O)NCCNc1ccc(-c2cc3nc(N/N=C/c4cccc(C)c4)cc(N4CCOCC4)n3n2)cc1. The third kappa shape index (κ3) is 6.27. The molecule has 0 unspecified atom stereocenters. The zero-order valence-corrected chi connectivity index (χ0v) is 21.6. The van der Waals surface area contributed by atoms with Gasteiger partial charge in [0.05, 0.1) is 25.1 Å². The van der Waals surface area contributed by atoms with E-state index in [1.165, 1.54) is 12.5 Å². The summed E-state index contributed by atoms with van der Waals surface area (Å²) in [5.74, 6) is 1.55. The number of ether oxygens (including phenoxy) is 1. The number of amides is 1. The lowest BCUT2D eigenvalue weighted by molar-refractivity contribution is -0.118. The Morgan fingerprint density at radius 1 is 1.08 bits per heavy atom. The lowest BCUT2D eigenvalue weighted by atomic mass is 10.1. The number of carbonyl (C=O) groups excluding carboxylic acids is 1. The molecule has 196 valence electrons. The summed E-state index contributed by atoms with van der Waals surface area (Å²) in [6.45, 7) is 7.70. The molecule has 3 heterocycles. The van der Waals surface area contributed by atoms with Crippen molar-refractivity contribution in [3.8, 4) is 11.3 Å². The zero-order chi connectivity index (χ0) is 26.3. The molecule has 1 saturated heterocycles. The Bertz CT molecular complexity index is 1420. The minimum atomic E-state index is -0.0320. The van der Waals surface area contributed by atoms with Crippen LogP contribution in [-0.4, -0.2) is 66.1 Å². The van der Waals surface area contributed by atoms with Gasteiger partial charge in [-0.2, -0.15) is 14.7 Å². The van der Waals surface area contributed by atoms with Gasteiger partial charge < -0.3 is 20.3 Å². The lowest BCUT2D eigenvalue weighted by Crippen LogP contribution is -2.37. The third-order valence-electron chi connectivity index (χ3n) is 6.19. The Kier molecular flexibility index (Phi) is 7.79. The molecule has 10 heteroatoms. The van der Waals surface area contributed by atoms with E-state index in [1.807, 2.05) is 53.0 Å². The molecule has 5 rings (SSSR count). The van der Waals surface area contributed by atoms with Crippen LogP contribution in [0.1, 0.15) is 18.1 Å². The Balaban J connectivity index is 1.38. The summed E-state index contributed by atoms with van der Waals surface area (Å²) in [7, 11) is 0. The van der Waals surface area contributed by atoms with E-state index in [2.05, 4.69) is 45.1 Å².